The molecule has 0 aliphatic carbocycles. The number of amides is 1. The highest BCUT2D eigenvalue weighted by Crippen LogP contribution is 2.20. The number of hydrogen-bond donors (Lipinski definition) is 1. The first-order valence-electron chi connectivity index (χ1n) is 8.75. The standard InChI is InChI=1S/C21H24N2O2/c22-13-15-23(14-12-17-6-2-1-3-7-17)21(24)11-10-19-16-18-8-4-5-9-20(18)25-19/h1-9,16H,10-15,22H2. The van der Waals surface area contributed by atoms with Crippen LogP contribution in [0.15, 0.2) is 65.1 Å². The van der Waals surface area contributed by atoms with E-state index in [0.717, 1.165) is 23.2 Å². The van der Waals surface area contributed by atoms with E-state index in [0.29, 0.717) is 32.5 Å². The first-order valence-corrected chi connectivity index (χ1v) is 8.75. The lowest BCUT2D eigenvalue weighted by molar-refractivity contribution is -0.131. The van der Waals surface area contributed by atoms with Gasteiger partial charge in [-0.15, -0.1) is 0 Å². The number of benzene rings is 2. The first-order chi connectivity index (χ1) is 12.3. The van der Waals surface area contributed by atoms with Gasteiger partial charge in [-0.1, -0.05) is 48.5 Å². The molecular weight excluding hydrogens is 312 g/mol. The minimum atomic E-state index is 0.127. The molecule has 0 radical (unpaired) electrons. The van der Waals surface area contributed by atoms with E-state index in [1.54, 1.807) is 0 Å². The van der Waals surface area contributed by atoms with Gasteiger partial charge in [-0.25, -0.2) is 0 Å². The SMILES string of the molecule is NCCN(CCc1ccccc1)C(=O)CCc1cc2ccccc2o1. The summed E-state index contributed by atoms with van der Waals surface area (Å²) in [6.07, 6.45) is 1.89. The van der Waals surface area contributed by atoms with Crippen LogP contribution in [0.1, 0.15) is 17.7 Å². The Kier molecular flexibility index (Phi) is 5.86. The lowest BCUT2D eigenvalue weighted by atomic mass is 10.1. The fraction of sp³-hybridized carbons (Fsp3) is 0.286. The van der Waals surface area contributed by atoms with Crippen LogP contribution < -0.4 is 5.73 Å². The third-order valence-electron chi connectivity index (χ3n) is 4.33. The molecule has 0 unspecified atom stereocenters. The van der Waals surface area contributed by atoms with Crippen LogP contribution in [0.5, 0.6) is 0 Å². The van der Waals surface area contributed by atoms with Gasteiger partial charge in [0.1, 0.15) is 11.3 Å². The van der Waals surface area contributed by atoms with Crippen molar-refractivity contribution in [2.24, 2.45) is 5.73 Å². The molecule has 25 heavy (non-hydrogen) atoms. The highest BCUT2D eigenvalue weighted by Gasteiger charge is 2.14. The van der Waals surface area contributed by atoms with Crippen LogP contribution in [0.3, 0.4) is 0 Å². The molecule has 130 valence electrons. The summed E-state index contributed by atoms with van der Waals surface area (Å²) in [4.78, 5) is 14.4. The van der Waals surface area contributed by atoms with E-state index in [4.69, 9.17) is 10.2 Å². The van der Waals surface area contributed by atoms with Crippen LogP contribution in [-0.2, 0) is 17.6 Å². The zero-order chi connectivity index (χ0) is 17.5. The molecule has 4 heteroatoms. The second-order valence-corrected chi connectivity index (χ2v) is 6.16. The van der Waals surface area contributed by atoms with Gasteiger partial charge in [0, 0.05) is 37.9 Å². The lowest BCUT2D eigenvalue weighted by Crippen LogP contribution is -2.37. The van der Waals surface area contributed by atoms with Crippen LogP contribution in [0.2, 0.25) is 0 Å². The maximum absolute atomic E-state index is 12.6. The van der Waals surface area contributed by atoms with Crippen molar-refractivity contribution < 1.29 is 9.21 Å². The van der Waals surface area contributed by atoms with Crippen molar-refractivity contribution >= 4 is 16.9 Å². The van der Waals surface area contributed by atoms with E-state index in [2.05, 4.69) is 12.1 Å². The maximum Gasteiger partial charge on any atom is 0.223 e. The molecule has 0 atom stereocenters. The van der Waals surface area contributed by atoms with Crippen LogP contribution >= 0.6 is 0 Å². The summed E-state index contributed by atoms with van der Waals surface area (Å²) in [5.41, 5.74) is 7.78. The fourth-order valence-electron chi connectivity index (χ4n) is 2.97. The summed E-state index contributed by atoms with van der Waals surface area (Å²) in [7, 11) is 0. The smallest absolute Gasteiger partial charge is 0.223 e. The van der Waals surface area contributed by atoms with Gasteiger partial charge in [-0.2, -0.15) is 0 Å². The Labute approximate surface area is 148 Å². The largest absolute Gasteiger partial charge is 0.461 e. The van der Waals surface area contributed by atoms with Gasteiger partial charge in [0.05, 0.1) is 0 Å². The summed E-state index contributed by atoms with van der Waals surface area (Å²) in [5, 5.41) is 1.08. The molecular formula is C21H24N2O2. The second-order valence-electron chi connectivity index (χ2n) is 6.16. The number of para-hydroxylation sites is 1. The molecule has 0 saturated carbocycles. The fourth-order valence-corrected chi connectivity index (χ4v) is 2.97. The second kappa shape index (κ2) is 8.49. The molecule has 0 fully saturated rings. The molecule has 1 heterocycles. The number of carbonyl (C=O) groups is 1. The zero-order valence-corrected chi connectivity index (χ0v) is 14.4. The molecule has 2 N–H and O–H groups in total. The monoisotopic (exact) mass is 336 g/mol. The molecule has 3 rings (SSSR count). The number of nitrogens with zero attached hydrogens (tertiary/aromatic N) is 1. The Balaban J connectivity index is 1.56. The molecule has 4 nitrogen and oxygen atoms in total. The summed E-state index contributed by atoms with van der Waals surface area (Å²) in [5.74, 6) is 0.979. The lowest BCUT2D eigenvalue weighted by Gasteiger charge is -2.22. The summed E-state index contributed by atoms with van der Waals surface area (Å²) >= 11 is 0. The normalized spacial score (nSPS) is 10.9. The van der Waals surface area contributed by atoms with Crippen molar-refractivity contribution in [1.82, 2.24) is 4.90 Å². The number of furan rings is 1. The third kappa shape index (κ3) is 4.70. The summed E-state index contributed by atoms with van der Waals surface area (Å²) in [6, 6.07) is 20.1. The molecule has 0 spiro atoms. The molecule has 1 amide bonds. The van der Waals surface area contributed by atoms with Crippen molar-refractivity contribution in [1.29, 1.82) is 0 Å². The Morgan fingerprint density at radius 3 is 2.48 bits per heavy atom. The molecule has 0 aliphatic heterocycles. The van der Waals surface area contributed by atoms with Crippen LogP contribution in [0.25, 0.3) is 11.0 Å². The van der Waals surface area contributed by atoms with Crippen molar-refractivity contribution in [2.45, 2.75) is 19.3 Å². The molecule has 0 saturated heterocycles. The van der Waals surface area contributed by atoms with E-state index < -0.39 is 0 Å². The number of aryl methyl sites for hydroxylation is 1. The van der Waals surface area contributed by atoms with Gasteiger partial charge in [-0.3, -0.25) is 4.79 Å². The number of nitrogens with two attached hydrogens (primary N) is 1. The Morgan fingerprint density at radius 1 is 0.960 bits per heavy atom. The van der Waals surface area contributed by atoms with E-state index in [1.807, 2.05) is 53.4 Å². The van der Waals surface area contributed by atoms with Crippen LogP contribution in [0.4, 0.5) is 0 Å². The van der Waals surface area contributed by atoms with Crippen molar-refractivity contribution in [3.63, 3.8) is 0 Å². The molecule has 0 bridgehead atoms. The van der Waals surface area contributed by atoms with Crippen LogP contribution in [0, 0.1) is 0 Å². The molecule has 3 aromatic rings. The van der Waals surface area contributed by atoms with Gasteiger partial charge < -0.3 is 15.1 Å². The zero-order valence-electron chi connectivity index (χ0n) is 14.4. The molecule has 1 aromatic heterocycles. The van der Waals surface area contributed by atoms with Crippen molar-refractivity contribution in [3.05, 3.63) is 72.0 Å². The molecule has 0 aliphatic rings. The van der Waals surface area contributed by atoms with Crippen LogP contribution in [-0.4, -0.2) is 30.4 Å². The Hall–Kier alpha value is -2.59. The predicted molar refractivity (Wildman–Crippen MR) is 100 cm³/mol. The quantitative estimate of drug-likeness (QED) is 0.686. The highest BCUT2D eigenvalue weighted by atomic mass is 16.3. The van der Waals surface area contributed by atoms with Crippen molar-refractivity contribution in [3.8, 4) is 0 Å². The van der Waals surface area contributed by atoms with Gasteiger partial charge in [0.2, 0.25) is 5.91 Å². The Bertz CT molecular complexity index is 778. The number of hydrogen-bond acceptors (Lipinski definition) is 3. The van der Waals surface area contributed by atoms with Gasteiger partial charge in [0.25, 0.3) is 0 Å². The topological polar surface area (TPSA) is 59.5 Å². The maximum atomic E-state index is 12.6. The van der Waals surface area contributed by atoms with E-state index in [1.165, 1.54) is 5.56 Å². The number of rotatable bonds is 8. The minimum Gasteiger partial charge on any atom is -0.461 e. The van der Waals surface area contributed by atoms with Gasteiger partial charge in [0.15, 0.2) is 0 Å². The Morgan fingerprint density at radius 2 is 1.72 bits per heavy atom. The van der Waals surface area contributed by atoms with Gasteiger partial charge in [-0.05, 0) is 24.1 Å². The average Bonchev–Trinajstić information content (AvgIpc) is 3.07. The molecule has 2 aromatic carbocycles. The number of carbonyl (C=O) groups excluding carboxylic acids is 1. The predicted octanol–water partition coefficient (Wildman–Crippen LogP) is 3.40. The van der Waals surface area contributed by atoms with Crippen molar-refractivity contribution in [2.75, 3.05) is 19.6 Å². The van der Waals surface area contributed by atoms with E-state index >= 15 is 0 Å². The average molecular weight is 336 g/mol. The minimum absolute atomic E-state index is 0.127. The highest BCUT2D eigenvalue weighted by molar-refractivity contribution is 5.79. The van der Waals surface area contributed by atoms with E-state index in [9.17, 15) is 4.79 Å². The summed E-state index contributed by atoms with van der Waals surface area (Å²) < 4.78 is 5.79. The number of fused-ring (bicyclic) bond motifs is 1. The third-order valence-corrected chi connectivity index (χ3v) is 4.33. The van der Waals surface area contributed by atoms with Gasteiger partial charge >= 0.3 is 0 Å². The summed E-state index contributed by atoms with van der Waals surface area (Å²) in [6.45, 7) is 1.76. The van der Waals surface area contributed by atoms with E-state index in [-0.39, 0.29) is 5.91 Å². The first kappa shape index (κ1) is 17.2.